The van der Waals surface area contributed by atoms with Gasteiger partial charge in [0, 0.05) is 11.2 Å². The molecule has 2 aromatic heterocycles. The third-order valence-corrected chi connectivity index (χ3v) is 5.10. The number of hydrogen-bond donors (Lipinski definition) is 2. The molecule has 2 heterocycles. The van der Waals surface area contributed by atoms with Crippen molar-refractivity contribution in [3.05, 3.63) is 65.2 Å². The Labute approximate surface area is 154 Å². The van der Waals surface area contributed by atoms with Crippen LogP contribution in [0.3, 0.4) is 0 Å². The van der Waals surface area contributed by atoms with Gasteiger partial charge in [-0.2, -0.15) is 0 Å². The van der Waals surface area contributed by atoms with Crippen LogP contribution in [0.5, 0.6) is 5.75 Å². The molecule has 26 heavy (non-hydrogen) atoms. The summed E-state index contributed by atoms with van der Waals surface area (Å²) in [7, 11) is 1.60. The molecule has 4 aromatic rings. The summed E-state index contributed by atoms with van der Waals surface area (Å²) >= 11 is 1.71. The first-order chi connectivity index (χ1) is 12.7. The molecule has 0 bridgehead atoms. The molecule has 6 heteroatoms. The summed E-state index contributed by atoms with van der Waals surface area (Å²) in [6.07, 6.45) is 0. The minimum atomic E-state index is -0.252. The van der Waals surface area contributed by atoms with Crippen LogP contribution in [-0.2, 0) is 13.1 Å². The molecule has 2 amide bonds. The van der Waals surface area contributed by atoms with Gasteiger partial charge in [0.25, 0.3) is 0 Å². The average molecular weight is 366 g/mol. The fourth-order valence-electron chi connectivity index (χ4n) is 2.94. The Kier molecular flexibility index (Phi) is 4.50. The van der Waals surface area contributed by atoms with Crippen molar-refractivity contribution in [2.75, 3.05) is 7.11 Å². The zero-order valence-electron chi connectivity index (χ0n) is 14.2. The summed E-state index contributed by atoms with van der Waals surface area (Å²) < 4.78 is 12.5. The third kappa shape index (κ3) is 3.23. The zero-order valence-corrected chi connectivity index (χ0v) is 15.1. The first-order valence-corrected chi connectivity index (χ1v) is 9.15. The summed E-state index contributed by atoms with van der Waals surface area (Å²) in [4.78, 5) is 12.1. The monoisotopic (exact) mass is 366 g/mol. The number of methoxy groups -OCH3 is 1. The standard InChI is InChI=1S/C20H18N2O3S/c1-24-19-15-4-2-3-5-16(15)25-17(19)12-22-20(23)21-11-13-6-7-18-14(10-13)8-9-26-18/h2-10H,11-12H2,1H3,(H2,21,22,23). The molecule has 0 saturated carbocycles. The summed E-state index contributed by atoms with van der Waals surface area (Å²) in [5.41, 5.74) is 1.80. The van der Waals surface area contributed by atoms with Gasteiger partial charge in [0.15, 0.2) is 11.5 Å². The average Bonchev–Trinajstić information content (AvgIpc) is 3.27. The highest BCUT2D eigenvalue weighted by Gasteiger charge is 2.15. The SMILES string of the molecule is COc1c(CNC(=O)NCc2ccc3sccc3c2)oc2ccccc12. The van der Waals surface area contributed by atoms with Crippen molar-refractivity contribution < 1.29 is 13.9 Å². The van der Waals surface area contributed by atoms with Crippen LogP contribution in [-0.4, -0.2) is 13.1 Å². The molecule has 2 aromatic carbocycles. The van der Waals surface area contributed by atoms with Crippen LogP contribution in [0.15, 0.2) is 58.3 Å². The van der Waals surface area contributed by atoms with Gasteiger partial charge in [-0.05, 0) is 46.7 Å². The molecule has 0 aliphatic carbocycles. The number of para-hydroxylation sites is 1. The van der Waals surface area contributed by atoms with E-state index in [0.717, 1.165) is 16.5 Å². The summed E-state index contributed by atoms with van der Waals surface area (Å²) in [5, 5.41) is 9.84. The van der Waals surface area contributed by atoms with Crippen molar-refractivity contribution in [3.8, 4) is 5.75 Å². The lowest BCUT2D eigenvalue weighted by molar-refractivity contribution is 0.239. The van der Waals surface area contributed by atoms with Gasteiger partial charge in [-0.1, -0.05) is 18.2 Å². The van der Waals surface area contributed by atoms with E-state index in [-0.39, 0.29) is 12.6 Å². The molecule has 5 nitrogen and oxygen atoms in total. The third-order valence-electron chi connectivity index (χ3n) is 4.20. The summed E-state index contributed by atoms with van der Waals surface area (Å²) in [6, 6.07) is 15.7. The Morgan fingerprint density at radius 1 is 1.12 bits per heavy atom. The van der Waals surface area contributed by atoms with Crippen molar-refractivity contribution >= 4 is 38.4 Å². The highest BCUT2D eigenvalue weighted by Crippen LogP contribution is 2.32. The van der Waals surface area contributed by atoms with E-state index >= 15 is 0 Å². The van der Waals surface area contributed by atoms with Gasteiger partial charge in [-0.3, -0.25) is 0 Å². The fraction of sp³-hybridized carbons (Fsp3) is 0.150. The molecule has 4 rings (SSSR count). The van der Waals surface area contributed by atoms with Crippen molar-refractivity contribution in [3.63, 3.8) is 0 Å². The molecular formula is C20H18N2O3S. The maximum atomic E-state index is 12.1. The van der Waals surface area contributed by atoms with Gasteiger partial charge < -0.3 is 19.8 Å². The van der Waals surface area contributed by atoms with Crippen molar-refractivity contribution in [1.29, 1.82) is 0 Å². The molecule has 0 spiro atoms. The van der Waals surface area contributed by atoms with Crippen molar-refractivity contribution in [1.82, 2.24) is 10.6 Å². The molecule has 2 N–H and O–H groups in total. The van der Waals surface area contributed by atoms with Crippen molar-refractivity contribution in [2.24, 2.45) is 0 Å². The van der Waals surface area contributed by atoms with Gasteiger partial charge in [-0.15, -0.1) is 11.3 Å². The number of nitrogens with one attached hydrogen (secondary N) is 2. The second-order valence-electron chi connectivity index (χ2n) is 5.88. The Hall–Kier alpha value is -2.99. The van der Waals surface area contributed by atoms with Gasteiger partial charge in [0.05, 0.1) is 19.0 Å². The Balaban J connectivity index is 1.38. The molecule has 0 aliphatic heterocycles. The van der Waals surface area contributed by atoms with Gasteiger partial charge in [-0.25, -0.2) is 4.79 Å². The number of benzene rings is 2. The van der Waals surface area contributed by atoms with Crippen LogP contribution in [0.25, 0.3) is 21.1 Å². The van der Waals surface area contributed by atoms with E-state index in [1.54, 1.807) is 18.4 Å². The highest BCUT2D eigenvalue weighted by atomic mass is 32.1. The van der Waals surface area contributed by atoms with Gasteiger partial charge in [0.2, 0.25) is 0 Å². The second-order valence-corrected chi connectivity index (χ2v) is 6.83. The van der Waals surface area contributed by atoms with Crippen LogP contribution in [0, 0.1) is 0 Å². The number of carbonyl (C=O) groups excluding carboxylic acids is 1. The Morgan fingerprint density at radius 3 is 2.85 bits per heavy atom. The molecule has 0 saturated heterocycles. The van der Waals surface area contributed by atoms with Crippen LogP contribution < -0.4 is 15.4 Å². The van der Waals surface area contributed by atoms with Gasteiger partial charge in [0.1, 0.15) is 5.58 Å². The van der Waals surface area contributed by atoms with E-state index in [9.17, 15) is 4.79 Å². The van der Waals surface area contributed by atoms with E-state index in [4.69, 9.17) is 9.15 Å². The lowest BCUT2D eigenvalue weighted by Gasteiger charge is -2.08. The number of thiophene rings is 1. The minimum Gasteiger partial charge on any atom is -0.492 e. The molecular weight excluding hydrogens is 348 g/mol. The largest absolute Gasteiger partial charge is 0.492 e. The molecule has 0 atom stereocenters. The van der Waals surface area contributed by atoms with E-state index in [1.165, 1.54) is 10.1 Å². The smallest absolute Gasteiger partial charge is 0.315 e. The quantitative estimate of drug-likeness (QED) is 0.540. The molecule has 0 fully saturated rings. The first kappa shape index (κ1) is 16.5. The lowest BCUT2D eigenvalue weighted by Crippen LogP contribution is -2.34. The molecule has 132 valence electrons. The van der Waals surface area contributed by atoms with E-state index in [0.29, 0.717) is 18.1 Å². The molecule has 0 unspecified atom stereocenters. The molecule has 0 radical (unpaired) electrons. The van der Waals surface area contributed by atoms with Crippen LogP contribution in [0.1, 0.15) is 11.3 Å². The first-order valence-electron chi connectivity index (χ1n) is 8.27. The highest BCUT2D eigenvalue weighted by molar-refractivity contribution is 7.17. The van der Waals surface area contributed by atoms with Crippen molar-refractivity contribution in [2.45, 2.75) is 13.1 Å². The number of rotatable bonds is 5. The van der Waals surface area contributed by atoms with E-state index in [2.05, 4.69) is 34.2 Å². The maximum absolute atomic E-state index is 12.1. The predicted octanol–water partition coefficient (Wildman–Crippen LogP) is 4.66. The lowest BCUT2D eigenvalue weighted by atomic mass is 10.2. The number of carbonyl (C=O) groups is 1. The van der Waals surface area contributed by atoms with E-state index < -0.39 is 0 Å². The Morgan fingerprint density at radius 2 is 1.96 bits per heavy atom. The fourth-order valence-corrected chi connectivity index (χ4v) is 3.72. The zero-order chi connectivity index (χ0) is 17.9. The Bertz CT molecular complexity index is 1070. The van der Waals surface area contributed by atoms with Crippen LogP contribution >= 0.6 is 11.3 Å². The normalized spacial score (nSPS) is 11.0. The molecule has 0 aliphatic rings. The van der Waals surface area contributed by atoms with E-state index in [1.807, 2.05) is 30.3 Å². The predicted molar refractivity (Wildman–Crippen MR) is 104 cm³/mol. The topological polar surface area (TPSA) is 63.5 Å². The number of urea groups is 1. The second kappa shape index (κ2) is 7.09. The number of amides is 2. The summed E-state index contributed by atoms with van der Waals surface area (Å²) in [5.74, 6) is 1.26. The number of furan rings is 1. The van der Waals surface area contributed by atoms with Crippen LogP contribution in [0.2, 0.25) is 0 Å². The maximum Gasteiger partial charge on any atom is 0.315 e. The number of hydrogen-bond acceptors (Lipinski definition) is 4. The summed E-state index contributed by atoms with van der Waals surface area (Å²) in [6.45, 7) is 0.724. The van der Waals surface area contributed by atoms with Crippen LogP contribution in [0.4, 0.5) is 4.79 Å². The number of fused-ring (bicyclic) bond motifs is 2. The van der Waals surface area contributed by atoms with Gasteiger partial charge >= 0.3 is 6.03 Å². The minimum absolute atomic E-state index is 0.252. The number of ether oxygens (including phenoxy) is 1.